The molecular formula is C17H20N4O2S. The highest BCUT2D eigenvalue weighted by Crippen LogP contribution is 2.19. The van der Waals surface area contributed by atoms with Gasteiger partial charge in [-0.1, -0.05) is 0 Å². The average molecular weight is 344 g/mol. The second-order valence-corrected chi connectivity index (χ2v) is 7.03. The summed E-state index contributed by atoms with van der Waals surface area (Å²) in [5, 5.41) is 5.36. The molecule has 7 heteroatoms. The Bertz CT molecular complexity index is 720. The number of pyridine rings is 1. The normalized spacial score (nSPS) is 13.8. The summed E-state index contributed by atoms with van der Waals surface area (Å²) < 4.78 is 0. The molecule has 0 bridgehead atoms. The van der Waals surface area contributed by atoms with Crippen molar-refractivity contribution in [2.24, 2.45) is 0 Å². The summed E-state index contributed by atoms with van der Waals surface area (Å²) in [6.45, 7) is 3.94. The topological polar surface area (TPSA) is 74.3 Å². The molecule has 1 fully saturated rings. The number of nitrogens with zero attached hydrogens (tertiary/aromatic N) is 2. The van der Waals surface area contributed by atoms with Gasteiger partial charge in [-0.2, -0.15) is 0 Å². The molecule has 0 radical (unpaired) electrons. The van der Waals surface area contributed by atoms with Crippen molar-refractivity contribution in [3.8, 4) is 0 Å². The van der Waals surface area contributed by atoms with E-state index in [1.165, 1.54) is 24.2 Å². The zero-order valence-electron chi connectivity index (χ0n) is 13.5. The molecule has 0 atom stereocenters. The first-order valence-corrected chi connectivity index (χ1v) is 8.79. The van der Waals surface area contributed by atoms with Gasteiger partial charge in [0.05, 0.1) is 23.3 Å². The first kappa shape index (κ1) is 16.4. The fraction of sp³-hybridized carbons (Fsp3) is 0.353. The summed E-state index contributed by atoms with van der Waals surface area (Å²) in [5.74, 6) is 0.435. The molecule has 1 saturated heterocycles. The third-order valence-corrected chi connectivity index (χ3v) is 4.83. The number of carbonyl (C=O) groups excluding carboxylic acids is 2. The highest BCUT2D eigenvalue weighted by atomic mass is 32.1. The Labute approximate surface area is 144 Å². The van der Waals surface area contributed by atoms with Gasteiger partial charge >= 0.3 is 0 Å². The van der Waals surface area contributed by atoms with E-state index in [0.29, 0.717) is 10.6 Å². The highest BCUT2D eigenvalue weighted by Gasteiger charge is 2.14. The summed E-state index contributed by atoms with van der Waals surface area (Å²) in [4.78, 5) is 32.1. The summed E-state index contributed by atoms with van der Waals surface area (Å²) in [5.41, 5.74) is 0.629. The van der Waals surface area contributed by atoms with Gasteiger partial charge in [0.1, 0.15) is 5.82 Å². The quantitative estimate of drug-likeness (QED) is 0.873. The largest absolute Gasteiger partial charge is 0.357 e. The zero-order valence-corrected chi connectivity index (χ0v) is 14.4. The number of anilines is 2. The summed E-state index contributed by atoms with van der Waals surface area (Å²) in [7, 11) is 0. The van der Waals surface area contributed by atoms with E-state index in [0.717, 1.165) is 23.8 Å². The van der Waals surface area contributed by atoms with E-state index in [2.05, 4.69) is 20.5 Å². The van der Waals surface area contributed by atoms with Crippen LogP contribution in [0.1, 0.15) is 27.4 Å². The van der Waals surface area contributed by atoms with Crippen LogP contribution in [0.25, 0.3) is 0 Å². The van der Waals surface area contributed by atoms with E-state index < -0.39 is 0 Å². The van der Waals surface area contributed by atoms with Gasteiger partial charge in [-0.05, 0) is 44.0 Å². The maximum atomic E-state index is 11.9. The SMILES string of the molecule is Cc1ccc(C(=O)NCC(=O)Nc2ccc(N3CCCC3)nc2)s1. The molecular weight excluding hydrogens is 324 g/mol. The Balaban J connectivity index is 1.48. The Morgan fingerprint density at radius 2 is 2.00 bits per heavy atom. The van der Waals surface area contributed by atoms with Gasteiger partial charge in [0.15, 0.2) is 0 Å². The number of hydrogen-bond acceptors (Lipinski definition) is 5. The first-order valence-electron chi connectivity index (χ1n) is 7.97. The molecule has 1 aliphatic heterocycles. The Hall–Kier alpha value is -2.41. The average Bonchev–Trinajstić information content (AvgIpc) is 3.25. The van der Waals surface area contributed by atoms with Crippen molar-refractivity contribution < 1.29 is 9.59 Å². The van der Waals surface area contributed by atoms with Crippen LogP contribution in [-0.2, 0) is 4.79 Å². The van der Waals surface area contributed by atoms with Crippen molar-refractivity contribution >= 4 is 34.7 Å². The molecule has 0 unspecified atom stereocenters. The molecule has 2 N–H and O–H groups in total. The molecule has 126 valence electrons. The van der Waals surface area contributed by atoms with Gasteiger partial charge < -0.3 is 15.5 Å². The molecule has 3 heterocycles. The van der Waals surface area contributed by atoms with Crippen molar-refractivity contribution in [2.75, 3.05) is 29.9 Å². The van der Waals surface area contributed by atoms with E-state index >= 15 is 0 Å². The molecule has 2 amide bonds. The lowest BCUT2D eigenvalue weighted by Crippen LogP contribution is -2.32. The van der Waals surface area contributed by atoms with Crippen LogP contribution in [-0.4, -0.2) is 36.4 Å². The summed E-state index contributed by atoms with van der Waals surface area (Å²) >= 11 is 1.41. The number of nitrogens with one attached hydrogen (secondary N) is 2. The standard InChI is InChI=1S/C17H20N4O2S/c1-12-4-6-14(24-12)17(23)19-11-16(22)20-13-5-7-15(18-10-13)21-8-2-3-9-21/h4-7,10H,2-3,8-9,11H2,1H3,(H,19,23)(H,20,22). The second kappa shape index (κ2) is 7.44. The number of aromatic nitrogens is 1. The Morgan fingerprint density at radius 3 is 2.62 bits per heavy atom. The Morgan fingerprint density at radius 1 is 1.21 bits per heavy atom. The molecule has 0 saturated carbocycles. The fourth-order valence-electron chi connectivity index (χ4n) is 2.60. The molecule has 2 aromatic rings. The smallest absolute Gasteiger partial charge is 0.261 e. The molecule has 0 aromatic carbocycles. The predicted octanol–water partition coefficient (Wildman–Crippen LogP) is 2.42. The van der Waals surface area contributed by atoms with Crippen LogP contribution in [0.4, 0.5) is 11.5 Å². The van der Waals surface area contributed by atoms with Crippen LogP contribution < -0.4 is 15.5 Å². The van der Waals surface area contributed by atoms with Crippen molar-refractivity contribution in [3.63, 3.8) is 0 Å². The predicted molar refractivity (Wildman–Crippen MR) is 95.7 cm³/mol. The number of thiophene rings is 1. The third-order valence-electron chi connectivity index (χ3n) is 3.84. The van der Waals surface area contributed by atoms with Crippen LogP contribution in [0.15, 0.2) is 30.5 Å². The molecule has 6 nitrogen and oxygen atoms in total. The maximum absolute atomic E-state index is 11.9. The van der Waals surface area contributed by atoms with Crippen LogP contribution in [0.3, 0.4) is 0 Å². The summed E-state index contributed by atoms with van der Waals surface area (Å²) in [6.07, 6.45) is 4.04. The molecule has 0 aliphatic carbocycles. The van der Waals surface area contributed by atoms with E-state index in [-0.39, 0.29) is 18.4 Å². The van der Waals surface area contributed by atoms with E-state index in [4.69, 9.17) is 0 Å². The van der Waals surface area contributed by atoms with Crippen molar-refractivity contribution in [3.05, 3.63) is 40.2 Å². The van der Waals surface area contributed by atoms with Gasteiger partial charge in [-0.3, -0.25) is 9.59 Å². The number of aryl methyl sites for hydroxylation is 1. The number of hydrogen-bond donors (Lipinski definition) is 2. The van der Waals surface area contributed by atoms with Gasteiger partial charge in [-0.25, -0.2) is 4.98 Å². The molecule has 2 aromatic heterocycles. The van der Waals surface area contributed by atoms with E-state index in [9.17, 15) is 9.59 Å². The van der Waals surface area contributed by atoms with Gasteiger partial charge in [0.2, 0.25) is 5.91 Å². The highest BCUT2D eigenvalue weighted by molar-refractivity contribution is 7.13. The lowest BCUT2D eigenvalue weighted by molar-refractivity contribution is -0.115. The summed E-state index contributed by atoms with van der Waals surface area (Å²) in [6, 6.07) is 7.39. The minimum absolute atomic E-state index is 0.0658. The fourth-order valence-corrected chi connectivity index (χ4v) is 3.39. The first-order chi connectivity index (χ1) is 11.6. The van der Waals surface area contributed by atoms with E-state index in [1.54, 1.807) is 12.3 Å². The minimum atomic E-state index is -0.271. The minimum Gasteiger partial charge on any atom is -0.357 e. The van der Waals surface area contributed by atoms with Crippen molar-refractivity contribution in [2.45, 2.75) is 19.8 Å². The second-order valence-electron chi connectivity index (χ2n) is 5.74. The monoisotopic (exact) mass is 344 g/mol. The zero-order chi connectivity index (χ0) is 16.9. The van der Waals surface area contributed by atoms with Crippen LogP contribution in [0.5, 0.6) is 0 Å². The molecule has 0 spiro atoms. The van der Waals surface area contributed by atoms with Gasteiger partial charge in [0, 0.05) is 18.0 Å². The lowest BCUT2D eigenvalue weighted by Gasteiger charge is -2.16. The maximum Gasteiger partial charge on any atom is 0.261 e. The van der Waals surface area contributed by atoms with Gasteiger partial charge in [-0.15, -0.1) is 11.3 Å². The number of amides is 2. The van der Waals surface area contributed by atoms with Crippen molar-refractivity contribution in [1.29, 1.82) is 0 Å². The molecule has 1 aliphatic rings. The number of carbonyl (C=O) groups is 2. The van der Waals surface area contributed by atoms with Crippen molar-refractivity contribution in [1.82, 2.24) is 10.3 Å². The Kier molecular flexibility index (Phi) is 5.10. The van der Waals surface area contributed by atoms with Crippen LogP contribution in [0, 0.1) is 6.92 Å². The molecule has 3 rings (SSSR count). The van der Waals surface area contributed by atoms with Crippen LogP contribution in [0.2, 0.25) is 0 Å². The third kappa shape index (κ3) is 4.11. The van der Waals surface area contributed by atoms with E-state index in [1.807, 2.05) is 25.1 Å². The number of rotatable bonds is 5. The lowest BCUT2D eigenvalue weighted by atomic mass is 10.3. The molecule has 24 heavy (non-hydrogen) atoms. The van der Waals surface area contributed by atoms with Crippen LogP contribution >= 0.6 is 11.3 Å². The van der Waals surface area contributed by atoms with Gasteiger partial charge in [0.25, 0.3) is 5.91 Å².